The molecule has 0 unspecified atom stereocenters. The molecule has 0 radical (unpaired) electrons. The summed E-state index contributed by atoms with van der Waals surface area (Å²) in [4.78, 5) is 29.4. The monoisotopic (exact) mass is 501 g/mol. The summed E-state index contributed by atoms with van der Waals surface area (Å²) >= 11 is 0. The number of carboxylic acids is 1. The quantitative estimate of drug-likeness (QED) is 0.629. The summed E-state index contributed by atoms with van der Waals surface area (Å²) in [6.45, 7) is 4.51. The number of alkyl halides is 3. The molecule has 0 aliphatic carbocycles. The molecule has 2 saturated heterocycles. The fourth-order valence-corrected chi connectivity index (χ4v) is 4.93. The predicted molar refractivity (Wildman–Crippen MR) is 116 cm³/mol. The molecule has 35 heavy (non-hydrogen) atoms. The van der Waals surface area contributed by atoms with Gasteiger partial charge in [0.05, 0.1) is 25.1 Å². The normalized spacial score (nSPS) is 28.3. The van der Waals surface area contributed by atoms with E-state index < -0.39 is 29.4 Å². The first-order valence-electron chi connectivity index (χ1n) is 11.6. The highest BCUT2D eigenvalue weighted by molar-refractivity contribution is 5.83. The summed E-state index contributed by atoms with van der Waals surface area (Å²) in [5.41, 5.74) is -0.617. The molecule has 1 amide bonds. The molecule has 0 aromatic heterocycles. The lowest BCUT2D eigenvalue weighted by Gasteiger charge is -2.46. The van der Waals surface area contributed by atoms with Crippen LogP contribution >= 0.6 is 0 Å². The van der Waals surface area contributed by atoms with Gasteiger partial charge < -0.3 is 24.6 Å². The molecule has 4 rings (SSSR count). The Labute approximate surface area is 201 Å². The maximum atomic E-state index is 13.1. The second kappa shape index (κ2) is 9.92. The summed E-state index contributed by atoms with van der Waals surface area (Å²) < 4.78 is 50.3. The average Bonchev–Trinajstić information content (AvgIpc) is 2.82. The number of aliphatic hydroxyl groups is 1. The molecular formula is C23H30F3N3O6. The third-order valence-corrected chi connectivity index (χ3v) is 7.00. The molecule has 3 aliphatic heterocycles. The van der Waals surface area contributed by atoms with Crippen LogP contribution in [-0.2, 0) is 27.0 Å². The number of hydrogen-bond acceptors (Lipinski definition) is 7. The van der Waals surface area contributed by atoms with Gasteiger partial charge in [-0.1, -0.05) is 0 Å². The van der Waals surface area contributed by atoms with Crippen LogP contribution in [-0.4, -0.2) is 94.2 Å². The first-order chi connectivity index (χ1) is 16.5. The van der Waals surface area contributed by atoms with E-state index in [1.54, 1.807) is 0 Å². The first kappa shape index (κ1) is 25.7. The second-order valence-electron chi connectivity index (χ2n) is 9.41. The number of aliphatic carboxylic acids is 1. The van der Waals surface area contributed by atoms with Crippen molar-refractivity contribution < 1.29 is 42.4 Å². The van der Waals surface area contributed by atoms with Gasteiger partial charge in [-0.05, 0) is 31.5 Å². The van der Waals surface area contributed by atoms with Crippen molar-refractivity contribution in [3.8, 4) is 5.75 Å². The number of rotatable bonds is 5. The van der Waals surface area contributed by atoms with Gasteiger partial charge in [-0.2, -0.15) is 13.2 Å². The van der Waals surface area contributed by atoms with E-state index in [1.165, 1.54) is 6.07 Å². The van der Waals surface area contributed by atoms with Crippen LogP contribution in [0.3, 0.4) is 0 Å². The predicted octanol–water partition coefficient (Wildman–Crippen LogP) is 1.73. The maximum Gasteiger partial charge on any atom is 0.416 e. The Morgan fingerprint density at radius 3 is 2.66 bits per heavy atom. The summed E-state index contributed by atoms with van der Waals surface area (Å²) in [7, 11) is 0. The highest BCUT2D eigenvalue weighted by atomic mass is 19.4. The smallest absolute Gasteiger partial charge is 0.416 e. The summed E-state index contributed by atoms with van der Waals surface area (Å²) in [6.07, 6.45) is -3.86. The third-order valence-electron chi connectivity index (χ3n) is 7.00. The maximum absolute atomic E-state index is 13.1. The van der Waals surface area contributed by atoms with E-state index in [0.29, 0.717) is 13.0 Å². The largest absolute Gasteiger partial charge is 0.481 e. The van der Waals surface area contributed by atoms with E-state index in [9.17, 15) is 27.9 Å². The number of benzene rings is 1. The molecule has 0 bridgehead atoms. The number of piperazine rings is 1. The Kier molecular flexibility index (Phi) is 7.28. The van der Waals surface area contributed by atoms with Gasteiger partial charge in [0.25, 0.3) is 5.91 Å². The third kappa shape index (κ3) is 5.71. The Morgan fingerprint density at radius 2 is 2.03 bits per heavy atom. The Balaban J connectivity index is 1.32. The van der Waals surface area contributed by atoms with E-state index in [4.69, 9.17) is 14.6 Å². The highest BCUT2D eigenvalue weighted by Gasteiger charge is 2.46. The van der Waals surface area contributed by atoms with E-state index >= 15 is 0 Å². The van der Waals surface area contributed by atoms with Crippen molar-refractivity contribution in [2.24, 2.45) is 0 Å². The minimum absolute atomic E-state index is 0.000163. The number of fused-ring (bicyclic) bond motifs is 1. The van der Waals surface area contributed by atoms with Crippen molar-refractivity contribution in [3.63, 3.8) is 0 Å². The van der Waals surface area contributed by atoms with Gasteiger partial charge >= 0.3 is 12.1 Å². The highest BCUT2D eigenvalue weighted by Crippen LogP contribution is 2.36. The number of hydrogen-bond donors (Lipinski definition) is 2. The molecule has 2 fully saturated rings. The van der Waals surface area contributed by atoms with Crippen molar-refractivity contribution in [1.29, 1.82) is 0 Å². The van der Waals surface area contributed by atoms with E-state index in [0.717, 1.165) is 36.7 Å². The van der Waals surface area contributed by atoms with Gasteiger partial charge in [0.15, 0.2) is 6.73 Å². The Morgan fingerprint density at radius 1 is 1.26 bits per heavy atom. The first-order valence-corrected chi connectivity index (χ1v) is 11.6. The van der Waals surface area contributed by atoms with E-state index in [-0.39, 0.29) is 56.1 Å². The van der Waals surface area contributed by atoms with Gasteiger partial charge in [-0.3, -0.25) is 19.4 Å². The molecule has 1 aromatic rings. The number of halogens is 3. The van der Waals surface area contributed by atoms with E-state index in [2.05, 4.69) is 9.80 Å². The zero-order valence-electron chi connectivity index (χ0n) is 19.5. The summed E-state index contributed by atoms with van der Waals surface area (Å²) in [5.74, 6) is -3.35. The van der Waals surface area contributed by atoms with Gasteiger partial charge in [0, 0.05) is 50.2 Å². The van der Waals surface area contributed by atoms with Crippen LogP contribution in [0.2, 0.25) is 0 Å². The Hall–Kier alpha value is -2.41. The lowest BCUT2D eigenvalue weighted by atomic mass is 9.98. The second-order valence-corrected chi connectivity index (χ2v) is 9.41. The lowest BCUT2D eigenvalue weighted by molar-refractivity contribution is -0.242. The standard InChI is InChI=1S/C23H30F3N3O6/c1-15-11-28(9-8-27(15)7-5-20(30)31)18-4-6-22(33,35-13-18)21(32)29-12-16-10-17(23(24,25)26)2-3-19(16)34-14-29/h2-3,10,15,18,33H,4-9,11-14H2,1H3,(H,30,31)/t15-,18+,22+/m0/s1. The molecule has 1 aromatic carbocycles. The lowest BCUT2D eigenvalue weighted by Crippen LogP contribution is -2.60. The molecule has 0 spiro atoms. The van der Waals surface area contributed by atoms with E-state index in [1.807, 2.05) is 6.92 Å². The topological polar surface area (TPSA) is 103 Å². The fourth-order valence-electron chi connectivity index (χ4n) is 4.93. The molecule has 3 atom stereocenters. The summed E-state index contributed by atoms with van der Waals surface area (Å²) in [6, 6.07) is 3.28. The molecule has 9 nitrogen and oxygen atoms in total. The van der Waals surface area contributed by atoms with Crippen molar-refractivity contribution in [2.75, 3.05) is 39.5 Å². The van der Waals surface area contributed by atoms with Crippen molar-refractivity contribution in [2.45, 2.75) is 56.8 Å². The van der Waals surface area contributed by atoms with Gasteiger partial charge in [0.1, 0.15) is 5.75 Å². The molecule has 194 valence electrons. The minimum Gasteiger partial charge on any atom is -0.481 e. The van der Waals surface area contributed by atoms with Crippen LogP contribution in [0.1, 0.15) is 37.3 Å². The zero-order valence-corrected chi connectivity index (χ0v) is 19.5. The number of carbonyl (C=O) groups excluding carboxylic acids is 1. The molecule has 3 aliphatic rings. The number of ether oxygens (including phenoxy) is 2. The SMILES string of the molecule is C[C@H]1CN([C@@H]2CC[C@](O)(C(=O)N3COc4ccc(C(F)(F)F)cc4C3)OC2)CCN1CCC(=O)O. The van der Waals surface area contributed by atoms with Crippen LogP contribution in [0.25, 0.3) is 0 Å². The van der Waals surface area contributed by atoms with Crippen LogP contribution in [0.15, 0.2) is 18.2 Å². The average molecular weight is 502 g/mol. The zero-order chi connectivity index (χ0) is 25.4. The van der Waals surface area contributed by atoms with Crippen LogP contribution in [0.5, 0.6) is 5.75 Å². The molecular weight excluding hydrogens is 471 g/mol. The van der Waals surface area contributed by atoms with Crippen LogP contribution < -0.4 is 4.74 Å². The number of carbonyl (C=O) groups is 2. The van der Waals surface area contributed by atoms with Crippen molar-refractivity contribution >= 4 is 11.9 Å². The van der Waals surface area contributed by atoms with Crippen molar-refractivity contribution in [1.82, 2.24) is 14.7 Å². The van der Waals surface area contributed by atoms with Gasteiger partial charge in [-0.15, -0.1) is 0 Å². The minimum atomic E-state index is -4.51. The van der Waals surface area contributed by atoms with Crippen LogP contribution in [0, 0.1) is 0 Å². The number of carboxylic acid groups (broad SMARTS) is 1. The Bertz CT molecular complexity index is 951. The summed E-state index contributed by atoms with van der Waals surface area (Å²) in [5, 5.41) is 19.8. The van der Waals surface area contributed by atoms with Crippen LogP contribution in [0.4, 0.5) is 13.2 Å². The fraction of sp³-hybridized carbons (Fsp3) is 0.652. The van der Waals surface area contributed by atoms with Gasteiger partial charge in [0.2, 0.25) is 5.79 Å². The molecule has 0 saturated carbocycles. The molecule has 3 heterocycles. The van der Waals surface area contributed by atoms with Crippen molar-refractivity contribution in [3.05, 3.63) is 29.3 Å². The molecule has 2 N–H and O–H groups in total. The number of amides is 1. The van der Waals surface area contributed by atoms with Gasteiger partial charge in [-0.25, -0.2) is 0 Å². The number of nitrogens with zero attached hydrogens (tertiary/aromatic N) is 3. The molecule has 12 heteroatoms.